The Labute approximate surface area is 163 Å². The molecule has 0 spiro atoms. The van der Waals surface area contributed by atoms with Crippen LogP contribution in [0.2, 0.25) is 0 Å². The molecule has 1 aromatic heterocycles. The van der Waals surface area contributed by atoms with Gasteiger partial charge in [0.25, 0.3) is 0 Å². The largest absolute Gasteiger partial charge is 0.354 e. The molecule has 1 aliphatic heterocycles. The highest BCUT2D eigenvalue weighted by Gasteiger charge is 2.17. The second-order valence-corrected chi connectivity index (χ2v) is 7.33. The minimum Gasteiger partial charge on any atom is -0.354 e. The van der Waals surface area contributed by atoms with Crippen LogP contribution in [-0.4, -0.2) is 42.6 Å². The van der Waals surface area contributed by atoms with Crippen molar-refractivity contribution >= 4 is 27.8 Å². The minimum atomic E-state index is 0.665. The Balaban J connectivity index is 1.49. The molecule has 1 aromatic carbocycles. The van der Waals surface area contributed by atoms with Gasteiger partial charge in [0, 0.05) is 36.8 Å². The second kappa shape index (κ2) is 9.51. The maximum Gasteiger partial charge on any atom is 0.146 e. The zero-order valence-electron chi connectivity index (χ0n) is 14.8. The van der Waals surface area contributed by atoms with E-state index in [9.17, 15) is 5.26 Å². The summed E-state index contributed by atoms with van der Waals surface area (Å²) < 4.78 is 1.11. The Morgan fingerprint density at radius 3 is 2.77 bits per heavy atom. The summed E-state index contributed by atoms with van der Waals surface area (Å²) in [5.74, 6) is 0.826. The van der Waals surface area contributed by atoms with Crippen molar-refractivity contribution in [2.24, 2.45) is 0 Å². The highest BCUT2D eigenvalue weighted by atomic mass is 79.9. The number of nitriles is 1. The molecule has 4 nitrogen and oxygen atoms in total. The van der Waals surface area contributed by atoms with E-state index in [2.05, 4.69) is 73.2 Å². The minimum absolute atomic E-state index is 0.665. The molecule has 1 fully saturated rings. The van der Waals surface area contributed by atoms with Crippen molar-refractivity contribution in [3.63, 3.8) is 0 Å². The van der Waals surface area contributed by atoms with Gasteiger partial charge in [-0.1, -0.05) is 40.2 Å². The number of anilines is 1. The SMILES string of the molecule is N#Cc1cccnc1N1CCCN(CC/C=C/c2ccc(Br)cc2)CC1. The van der Waals surface area contributed by atoms with E-state index in [1.807, 2.05) is 12.1 Å². The molecule has 0 bridgehead atoms. The van der Waals surface area contributed by atoms with Crippen molar-refractivity contribution in [3.8, 4) is 6.07 Å². The van der Waals surface area contributed by atoms with Crippen molar-refractivity contribution < 1.29 is 0 Å². The van der Waals surface area contributed by atoms with Crippen LogP contribution in [0.4, 0.5) is 5.82 Å². The van der Waals surface area contributed by atoms with E-state index in [1.54, 1.807) is 6.20 Å². The fraction of sp³-hybridized carbons (Fsp3) is 0.333. The van der Waals surface area contributed by atoms with Crippen molar-refractivity contribution in [2.45, 2.75) is 12.8 Å². The fourth-order valence-corrected chi connectivity index (χ4v) is 3.46. The third-order valence-electron chi connectivity index (χ3n) is 4.59. The molecule has 0 atom stereocenters. The van der Waals surface area contributed by atoms with E-state index in [1.165, 1.54) is 5.56 Å². The highest BCUT2D eigenvalue weighted by Crippen LogP contribution is 2.18. The van der Waals surface area contributed by atoms with Crippen molar-refractivity contribution in [1.29, 1.82) is 5.26 Å². The number of rotatable bonds is 5. The Morgan fingerprint density at radius 1 is 1.12 bits per heavy atom. The van der Waals surface area contributed by atoms with Gasteiger partial charge in [0.2, 0.25) is 0 Å². The molecule has 2 aromatic rings. The molecular formula is C21H23BrN4. The number of benzene rings is 1. The third kappa shape index (κ3) is 5.17. The molecule has 0 N–H and O–H groups in total. The Morgan fingerprint density at radius 2 is 1.96 bits per heavy atom. The van der Waals surface area contributed by atoms with Crippen LogP contribution in [0.25, 0.3) is 6.08 Å². The first-order chi connectivity index (χ1) is 12.8. The van der Waals surface area contributed by atoms with Crippen molar-refractivity contribution in [3.05, 3.63) is 64.3 Å². The van der Waals surface area contributed by atoms with Crippen molar-refractivity contribution in [1.82, 2.24) is 9.88 Å². The van der Waals surface area contributed by atoms with Crippen LogP contribution in [0.5, 0.6) is 0 Å². The topological polar surface area (TPSA) is 43.2 Å². The number of hydrogen-bond donors (Lipinski definition) is 0. The quantitative estimate of drug-likeness (QED) is 0.735. The molecule has 2 heterocycles. The van der Waals surface area contributed by atoms with Crippen LogP contribution < -0.4 is 4.90 Å². The average molecular weight is 411 g/mol. The normalized spacial score (nSPS) is 15.8. The number of hydrogen-bond acceptors (Lipinski definition) is 4. The van der Waals surface area contributed by atoms with Crippen LogP contribution in [0.15, 0.2) is 53.1 Å². The van der Waals surface area contributed by atoms with Gasteiger partial charge < -0.3 is 9.80 Å². The molecule has 0 unspecified atom stereocenters. The lowest BCUT2D eigenvalue weighted by Crippen LogP contribution is -2.32. The lowest BCUT2D eigenvalue weighted by molar-refractivity contribution is 0.299. The second-order valence-electron chi connectivity index (χ2n) is 6.41. The summed E-state index contributed by atoms with van der Waals surface area (Å²) in [7, 11) is 0. The van der Waals surface area contributed by atoms with E-state index >= 15 is 0 Å². The maximum absolute atomic E-state index is 9.29. The van der Waals surface area contributed by atoms with Gasteiger partial charge in [-0.2, -0.15) is 5.26 Å². The number of aromatic nitrogens is 1. The van der Waals surface area contributed by atoms with E-state index in [0.29, 0.717) is 5.56 Å². The molecule has 26 heavy (non-hydrogen) atoms. The predicted octanol–water partition coefficient (Wildman–Crippen LogP) is 4.33. The summed E-state index contributed by atoms with van der Waals surface area (Å²) in [5, 5.41) is 9.29. The smallest absolute Gasteiger partial charge is 0.146 e. The van der Waals surface area contributed by atoms with Gasteiger partial charge in [0.05, 0.1) is 5.56 Å². The van der Waals surface area contributed by atoms with Gasteiger partial charge in [0.15, 0.2) is 0 Å². The molecule has 1 saturated heterocycles. The molecule has 1 aliphatic rings. The summed E-state index contributed by atoms with van der Waals surface area (Å²) in [6.07, 6.45) is 8.34. The first-order valence-corrected chi connectivity index (χ1v) is 9.80. The summed E-state index contributed by atoms with van der Waals surface area (Å²) in [6, 6.07) is 14.3. The van der Waals surface area contributed by atoms with Crippen LogP contribution in [-0.2, 0) is 0 Å². The molecule has 0 aliphatic carbocycles. The summed E-state index contributed by atoms with van der Waals surface area (Å²) in [6.45, 7) is 5.04. The van der Waals surface area contributed by atoms with Gasteiger partial charge in [0.1, 0.15) is 11.9 Å². The van der Waals surface area contributed by atoms with E-state index in [4.69, 9.17) is 0 Å². The molecule has 3 rings (SSSR count). The van der Waals surface area contributed by atoms with Gasteiger partial charge in [-0.3, -0.25) is 0 Å². The molecule has 0 saturated carbocycles. The van der Waals surface area contributed by atoms with E-state index < -0.39 is 0 Å². The number of nitrogens with zero attached hydrogens (tertiary/aromatic N) is 4. The van der Waals surface area contributed by atoms with Crippen LogP contribution in [0.3, 0.4) is 0 Å². The lowest BCUT2D eigenvalue weighted by atomic mass is 10.2. The lowest BCUT2D eigenvalue weighted by Gasteiger charge is -2.23. The Kier molecular flexibility index (Phi) is 6.82. The van der Waals surface area contributed by atoms with E-state index in [0.717, 1.165) is 55.9 Å². The van der Waals surface area contributed by atoms with E-state index in [-0.39, 0.29) is 0 Å². The van der Waals surface area contributed by atoms with Gasteiger partial charge in [-0.25, -0.2) is 4.98 Å². The Bertz CT molecular complexity index is 779. The van der Waals surface area contributed by atoms with Crippen LogP contribution in [0, 0.1) is 11.3 Å². The molecular weight excluding hydrogens is 388 g/mol. The first kappa shape index (κ1) is 18.6. The van der Waals surface area contributed by atoms with Crippen molar-refractivity contribution in [2.75, 3.05) is 37.6 Å². The Hall–Kier alpha value is -2.16. The highest BCUT2D eigenvalue weighted by molar-refractivity contribution is 9.10. The van der Waals surface area contributed by atoms with Gasteiger partial charge in [-0.05, 0) is 49.2 Å². The predicted molar refractivity (Wildman–Crippen MR) is 110 cm³/mol. The monoisotopic (exact) mass is 410 g/mol. The zero-order valence-corrected chi connectivity index (χ0v) is 16.4. The molecule has 0 amide bonds. The average Bonchev–Trinajstić information content (AvgIpc) is 2.92. The first-order valence-electron chi connectivity index (χ1n) is 9.01. The zero-order chi connectivity index (χ0) is 18.2. The number of halogens is 1. The summed E-state index contributed by atoms with van der Waals surface area (Å²) >= 11 is 3.46. The molecule has 5 heteroatoms. The van der Waals surface area contributed by atoms with Crippen LogP contribution >= 0.6 is 15.9 Å². The summed E-state index contributed by atoms with van der Waals surface area (Å²) in [4.78, 5) is 9.17. The van der Waals surface area contributed by atoms with Gasteiger partial charge in [-0.15, -0.1) is 0 Å². The molecule has 0 radical (unpaired) electrons. The summed E-state index contributed by atoms with van der Waals surface area (Å²) in [5.41, 5.74) is 1.90. The molecule has 134 valence electrons. The fourth-order valence-electron chi connectivity index (χ4n) is 3.19. The maximum atomic E-state index is 9.29. The number of pyridine rings is 1. The van der Waals surface area contributed by atoms with Crippen LogP contribution in [0.1, 0.15) is 24.0 Å². The standard InChI is InChI=1S/C21H23BrN4/c22-20-9-7-18(8-10-20)5-1-2-12-25-13-4-14-26(16-15-25)21-19(17-23)6-3-11-24-21/h1,3,5-11H,2,4,12-16H2/b5-1+. The van der Waals surface area contributed by atoms with Gasteiger partial charge >= 0.3 is 0 Å². The third-order valence-corrected chi connectivity index (χ3v) is 5.12.